The summed E-state index contributed by atoms with van der Waals surface area (Å²) in [6.45, 7) is 18.7. The second-order valence-corrected chi connectivity index (χ2v) is 19.4. The van der Waals surface area contributed by atoms with Gasteiger partial charge in [-0.2, -0.15) is 0 Å². The van der Waals surface area contributed by atoms with E-state index in [0.717, 1.165) is 39.8 Å². The van der Waals surface area contributed by atoms with Gasteiger partial charge in [0.15, 0.2) is 8.32 Å². The number of carbonyl (C=O) groups excluding carboxylic acids is 2. The lowest BCUT2D eigenvalue weighted by Crippen LogP contribution is -2.44. The molecule has 4 aromatic rings. The van der Waals surface area contributed by atoms with Gasteiger partial charge < -0.3 is 9.16 Å². The van der Waals surface area contributed by atoms with Crippen LogP contribution in [0.5, 0.6) is 0 Å². The Bertz CT molecular complexity index is 1750. The van der Waals surface area contributed by atoms with Crippen LogP contribution in [0.25, 0.3) is 11.0 Å². The molecule has 0 aliphatic carbocycles. The first-order valence-electron chi connectivity index (χ1n) is 16.5. The van der Waals surface area contributed by atoms with Crippen LogP contribution in [-0.2, 0) is 33.3 Å². The number of hydrogen-bond donors (Lipinski definition) is 0. The Balaban J connectivity index is 1.53. The minimum Gasteiger partial charge on any atom is -0.447 e. The summed E-state index contributed by atoms with van der Waals surface area (Å²) in [6, 6.07) is 19.7. The number of amides is 2. The summed E-state index contributed by atoms with van der Waals surface area (Å²) in [5, 5.41) is 9.25. The maximum absolute atomic E-state index is 14.4. The van der Waals surface area contributed by atoms with Crippen LogP contribution in [0.2, 0.25) is 23.2 Å². The highest BCUT2D eigenvalue weighted by molar-refractivity contribution is 6.74. The number of rotatable bonds is 11. The maximum Gasteiger partial charge on any atom is 0.416 e. The lowest BCUT2D eigenvalue weighted by molar-refractivity contribution is -0.133. The van der Waals surface area contributed by atoms with E-state index in [1.165, 1.54) is 4.90 Å². The first-order chi connectivity index (χ1) is 22.2. The molecule has 0 N–H and O–H groups in total. The largest absolute Gasteiger partial charge is 0.447 e. The number of carbonyl (C=O) groups is 2. The average Bonchev–Trinajstić information content (AvgIpc) is 3.62. The van der Waals surface area contributed by atoms with E-state index in [-0.39, 0.29) is 17.6 Å². The zero-order chi connectivity index (χ0) is 34.1. The number of aryl methyl sites for hydroxylation is 2. The smallest absolute Gasteiger partial charge is 0.416 e. The third kappa shape index (κ3) is 7.17. The average molecular weight is 675 g/mol. The summed E-state index contributed by atoms with van der Waals surface area (Å²) < 4.78 is 13.8. The molecule has 1 unspecified atom stereocenters. The summed E-state index contributed by atoms with van der Waals surface area (Å²) >= 11 is 7.13. The summed E-state index contributed by atoms with van der Waals surface area (Å²) in [6.07, 6.45) is 0.656. The molecule has 0 spiro atoms. The third-order valence-corrected chi connectivity index (χ3v) is 15.0. The minimum atomic E-state index is -1.91. The quantitative estimate of drug-likeness (QED) is 0.149. The zero-order valence-corrected chi connectivity index (χ0v) is 30.6. The van der Waals surface area contributed by atoms with Crippen molar-refractivity contribution in [3.8, 4) is 0 Å². The van der Waals surface area contributed by atoms with E-state index in [1.54, 1.807) is 4.68 Å². The number of cyclic esters (lactones) is 1. The van der Waals surface area contributed by atoms with Gasteiger partial charge in [-0.1, -0.05) is 99.1 Å². The van der Waals surface area contributed by atoms with E-state index in [0.29, 0.717) is 30.1 Å². The molecule has 1 saturated heterocycles. The molecule has 3 aromatic carbocycles. The van der Waals surface area contributed by atoms with E-state index in [9.17, 15) is 9.59 Å². The molecule has 1 aliphatic heterocycles. The highest BCUT2D eigenvalue weighted by Gasteiger charge is 2.43. The third-order valence-electron chi connectivity index (χ3n) is 10.1. The topological polar surface area (TPSA) is 86.5 Å². The summed E-state index contributed by atoms with van der Waals surface area (Å²) in [5.41, 5.74) is 6.48. The van der Waals surface area contributed by atoms with Gasteiger partial charge in [0.1, 0.15) is 12.1 Å². The fourth-order valence-corrected chi connectivity index (χ4v) is 7.51. The molecule has 1 aromatic heterocycles. The highest BCUT2D eigenvalue weighted by atomic mass is 35.5. The second-order valence-electron chi connectivity index (χ2n) is 14.2. The van der Waals surface area contributed by atoms with E-state index in [2.05, 4.69) is 69.3 Å². The highest BCUT2D eigenvalue weighted by Crippen LogP contribution is 2.41. The number of hydrogen-bond acceptors (Lipinski definition) is 6. The van der Waals surface area contributed by atoms with Crippen LogP contribution in [0.15, 0.2) is 60.7 Å². The molecule has 3 atom stereocenters. The second kappa shape index (κ2) is 13.9. The molecule has 1 aliphatic rings. The van der Waals surface area contributed by atoms with Crippen molar-refractivity contribution < 1.29 is 18.8 Å². The van der Waals surface area contributed by atoms with Crippen LogP contribution in [0.3, 0.4) is 0 Å². The van der Waals surface area contributed by atoms with Crippen LogP contribution in [0.1, 0.15) is 68.4 Å². The van der Waals surface area contributed by atoms with E-state index >= 15 is 0 Å². The molecule has 0 radical (unpaired) electrons. The molecule has 0 saturated carbocycles. The predicted molar refractivity (Wildman–Crippen MR) is 189 cm³/mol. The van der Waals surface area contributed by atoms with Gasteiger partial charge in [0.25, 0.3) is 0 Å². The molecule has 2 amide bonds. The summed E-state index contributed by atoms with van der Waals surface area (Å²) in [5.74, 6) is -1.40. The Hall–Kier alpha value is -3.53. The standard InChI is InChI=1S/C37H47ClN4O4Si/c1-9-41-31-18-17-30(33(38)34(31)39-40-41)32(28-16-15-24(2)27(22-28)19-20-46-47(7,8)37(4,5)6)25(3)35(43)42-29(23-45-36(42)44)21-26-13-11-10-12-14-26/h10-18,22,25,29,32H,9,19-21,23H2,1-8H3/t25-,29?,32+/m1/s1. The van der Waals surface area contributed by atoms with Crippen molar-refractivity contribution in [3.63, 3.8) is 0 Å². The van der Waals surface area contributed by atoms with Gasteiger partial charge in [0.05, 0.1) is 16.6 Å². The Labute approximate surface area is 284 Å². The zero-order valence-electron chi connectivity index (χ0n) is 28.8. The Morgan fingerprint density at radius 2 is 1.85 bits per heavy atom. The van der Waals surface area contributed by atoms with Crippen LogP contribution in [-0.4, -0.2) is 59.5 Å². The molecule has 10 heteroatoms. The van der Waals surface area contributed by atoms with Crippen LogP contribution < -0.4 is 0 Å². The van der Waals surface area contributed by atoms with Gasteiger partial charge in [-0.25, -0.2) is 14.4 Å². The number of benzene rings is 3. The molecule has 0 bridgehead atoms. The number of fused-ring (bicyclic) bond motifs is 1. The summed E-state index contributed by atoms with van der Waals surface area (Å²) in [7, 11) is -1.91. The van der Waals surface area contributed by atoms with Crippen LogP contribution in [0, 0.1) is 12.8 Å². The number of aromatic nitrogens is 3. The number of imide groups is 1. The SMILES string of the molecule is CCn1nnc2c(Cl)c([C@H](c3ccc(C)c(CCO[Si](C)(C)C(C)(C)C)c3)[C@@H](C)C(=O)N3C(=O)OCC3Cc3ccccc3)ccc21. The lowest BCUT2D eigenvalue weighted by Gasteiger charge is -2.36. The fraction of sp³-hybridized carbons (Fsp3) is 0.459. The van der Waals surface area contributed by atoms with E-state index in [4.69, 9.17) is 20.8 Å². The fourth-order valence-electron chi connectivity index (χ4n) is 6.15. The normalized spacial score (nSPS) is 16.8. The number of ether oxygens (including phenoxy) is 1. The minimum absolute atomic E-state index is 0.120. The van der Waals surface area contributed by atoms with Gasteiger partial charge in [0, 0.05) is 25.0 Å². The molecular weight excluding hydrogens is 628 g/mol. The molecule has 1 fully saturated rings. The lowest BCUT2D eigenvalue weighted by atomic mass is 9.79. The summed E-state index contributed by atoms with van der Waals surface area (Å²) in [4.78, 5) is 28.8. The van der Waals surface area contributed by atoms with Gasteiger partial charge in [-0.05, 0) is 78.7 Å². The molecule has 47 heavy (non-hydrogen) atoms. The van der Waals surface area contributed by atoms with Gasteiger partial charge in [-0.3, -0.25) is 4.79 Å². The molecule has 8 nitrogen and oxygen atoms in total. The Kier molecular flexibility index (Phi) is 10.3. The monoisotopic (exact) mass is 674 g/mol. The maximum atomic E-state index is 14.4. The Morgan fingerprint density at radius 3 is 2.53 bits per heavy atom. The Morgan fingerprint density at radius 1 is 1.13 bits per heavy atom. The van der Waals surface area contributed by atoms with Gasteiger partial charge >= 0.3 is 6.09 Å². The van der Waals surface area contributed by atoms with Crippen molar-refractivity contribution in [2.75, 3.05) is 13.2 Å². The van der Waals surface area contributed by atoms with Crippen LogP contribution in [0.4, 0.5) is 4.79 Å². The molecule has 250 valence electrons. The number of halogens is 1. The van der Waals surface area contributed by atoms with Crippen molar-refractivity contribution in [1.82, 2.24) is 19.9 Å². The molecule has 2 heterocycles. The van der Waals surface area contributed by atoms with Crippen molar-refractivity contribution in [3.05, 3.63) is 93.5 Å². The van der Waals surface area contributed by atoms with Gasteiger partial charge in [0.2, 0.25) is 5.91 Å². The van der Waals surface area contributed by atoms with E-state index < -0.39 is 32.3 Å². The number of nitrogens with zero attached hydrogens (tertiary/aromatic N) is 4. The van der Waals surface area contributed by atoms with E-state index in [1.807, 2.05) is 56.3 Å². The van der Waals surface area contributed by atoms with Crippen molar-refractivity contribution >= 4 is 43.0 Å². The van der Waals surface area contributed by atoms with Crippen molar-refractivity contribution in [1.29, 1.82) is 0 Å². The van der Waals surface area contributed by atoms with Crippen molar-refractivity contribution in [2.45, 2.75) is 91.0 Å². The first-order valence-corrected chi connectivity index (χ1v) is 19.8. The molecule has 5 rings (SSSR count). The predicted octanol–water partition coefficient (Wildman–Crippen LogP) is 8.34. The first kappa shape index (κ1) is 34.8. The van der Waals surface area contributed by atoms with Crippen LogP contribution >= 0.6 is 11.6 Å². The van der Waals surface area contributed by atoms with Gasteiger partial charge in [-0.15, -0.1) is 5.10 Å². The van der Waals surface area contributed by atoms with Crippen molar-refractivity contribution in [2.24, 2.45) is 5.92 Å². The molecular formula is C37H47ClN4O4Si.